The van der Waals surface area contributed by atoms with E-state index in [1.54, 1.807) is 0 Å². The Labute approximate surface area is 58.3 Å². The first-order chi connectivity index (χ1) is 4.52. The van der Waals surface area contributed by atoms with E-state index in [0.717, 1.165) is 0 Å². The second-order valence-electron chi connectivity index (χ2n) is 1.33. The molecule has 4 amide bonds. The van der Waals surface area contributed by atoms with E-state index in [4.69, 9.17) is 4.80 Å². The Morgan fingerprint density at radius 2 is 1.50 bits per heavy atom. The lowest BCUT2D eigenvalue weighted by Crippen LogP contribution is -2.55. The number of rotatable bonds is 2. The summed E-state index contributed by atoms with van der Waals surface area (Å²) in [5, 5.41) is 0. The Kier molecular flexibility index (Phi) is 3.21. The van der Waals surface area contributed by atoms with E-state index < -0.39 is 21.4 Å². The molecule has 0 rings (SSSR count). The highest BCUT2D eigenvalue weighted by molar-refractivity contribution is 6.51. The van der Waals surface area contributed by atoms with Crippen molar-refractivity contribution in [2.75, 3.05) is 0 Å². The van der Waals surface area contributed by atoms with Gasteiger partial charge >= 0.3 is 21.4 Å². The van der Waals surface area contributed by atoms with Crippen molar-refractivity contribution in [3.05, 3.63) is 0 Å². The molecule has 10 heavy (non-hydrogen) atoms. The number of hydrogen-bond donors (Lipinski definition) is 5. The number of amides is 4. The topological polar surface area (TPSA) is 130 Å². The van der Waals surface area contributed by atoms with Crippen molar-refractivity contribution in [3.63, 3.8) is 0 Å². The van der Waals surface area contributed by atoms with E-state index in [2.05, 4.69) is 11.5 Å². The van der Waals surface area contributed by atoms with Crippen LogP contribution in [-0.2, 0) is 0 Å². The second kappa shape index (κ2) is 3.69. The second-order valence-corrected chi connectivity index (χ2v) is 2.52. The lowest BCUT2D eigenvalue weighted by Gasteiger charge is -2.04. The third-order valence-electron chi connectivity index (χ3n) is 0.483. The lowest BCUT2D eigenvalue weighted by molar-refractivity contribution is 0.250. The summed E-state index contributed by atoms with van der Waals surface area (Å²) in [6.45, 7) is 0. The zero-order valence-corrected chi connectivity index (χ0v) is 5.92. The van der Waals surface area contributed by atoms with Gasteiger partial charge in [-0.05, 0) is 0 Å². The van der Waals surface area contributed by atoms with Gasteiger partial charge in [0.1, 0.15) is 0 Å². The van der Waals surface area contributed by atoms with E-state index >= 15 is 0 Å². The molecule has 0 bridgehead atoms. The lowest BCUT2D eigenvalue weighted by atomic mass is 11.2. The van der Waals surface area contributed by atoms with Gasteiger partial charge in [-0.1, -0.05) is 0 Å². The van der Waals surface area contributed by atoms with Gasteiger partial charge in [-0.25, -0.2) is 9.59 Å². The van der Waals surface area contributed by atoms with Gasteiger partial charge in [0.05, 0.1) is 0 Å². The summed E-state index contributed by atoms with van der Waals surface area (Å²) in [5.74, 6) is 0. The molecule has 0 atom stereocenters. The van der Waals surface area contributed by atoms with Gasteiger partial charge in [0, 0.05) is 0 Å². The third-order valence-corrected chi connectivity index (χ3v) is 1.45. The predicted octanol–water partition coefficient (Wildman–Crippen LogP) is -2.70. The molecule has 0 aliphatic carbocycles. The van der Waals surface area contributed by atoms with E-state index in [1.807, 2.05) is 9.96 Å². The van der Waals surface area contributed by atoms with Crippen LogP contribution in [-0.4, -0.2) is 26.2 Å². The molecule has 57 valence electrons. The molecule has 0 saturated heterocycles. The minimum absolute atomic E-state index is 0.912. The van der Waals surface area contributed by atoms with Gasteiger partial charge in [0.2, 0.25) is 0 Å². The van der Waals surface area contributed by atoms with Crippen molar-refractivity contribution in [1.82, 2.24) is 9.96 Å². The van der Waals surface area contributed by atoms with Gasteiger partial charge in [-0.3, -0.25) is 0 Å². The summed E-state index contributed by atoms with van der Waals surface area (Å²) in [6.07, 6.45) is 0. The number of primary amides is 2. The molecule has 8 heteroatoms. The molecule has 0 fully saturated rings. The molecular formula is C2H7N4O3Si. The molecule has 0 aliphatic heterocycles. The number of carbonyl (C=O) groups is 2. The average molecular weight is 163 g/mol. The van der Waals surface area contributed by atoms with Crippen LogP contribution in [0.15, 0.2) is 0 Å². The van der Waals surface area contributed by atoms with Gasteiger partial charge in [0.25, 0.3) is 0 Å². The van der Waals surface area contributed by atoms with Crippen molar-refractivity contribution < 1.29 is 14.4 Å². The molecule has 0 aromatic carbocycles. The van der Waals surface area contributed by atoms with Crippen molar-refractivity contribution in [2.45, 2.75) is 0 Å². The standard InChI is InChI=1S/C2H7N4O3Si/c3-1(7)5-10(9)6-2(4)8/h9H,(H3,3,5,7)(H3,4,6,8). The van der Waals surface area contributed by atoms with Crippen LogP contribution in [0.3, 0.4) is 0 Å². The molecule has 0 unspecified atom stereocenters. The normalized spacial score (nSPS) is 9.00. The van der Waals surface area contributed by atoms with E-state index in [-0.39, 0.29) is 0 Å². The van der Waals surface area contributed by atoms with Crippen LogP contribution in [0.4, 0.5) is 9.59 Å². The number of nitrogens with two attached hydrogens (primary N) is 2. The number of hydrogen-bond acceptors (Lipinski definition) is 3. The fourth-order valence-electron chi connectivity index (χ4n) is 0.265. The molecule has 0 aromatic rings. The van der Waals surface area contributed by atoms with Crippen molar-refractivity contribution in [1.29, 1.82) is 0 Å². The Hall–Kier alpha value is -1.28. The first kappa shape index (κ1) is 8.72. The Morgan fingerprint density at radius 1 is 1.20 bits per heavy atom. The quantitative estimate of drug-likeness (QED) is 0.284. The summed E-state index contributed by atoms with van der Waals surface area (Å²) >= 11 is 0. The first-order valence-corrected chi connectivity index (χ1v) is 3.66. The molecule has 1 radical (unpaired) electrons. The molecule has 0 spiro atoms. The fourth-order valence-corrected chi connectivity index (χ4v) is 0.794. The SMILES string of the molecule is NC(=O)N[Si](O)NC(N)=O. The minimum atomic E-state index is -2.44. The van der Waals surface area contributed by atoms with Crippen molar-refractivity contribution in [3.8, 4) is 0 Å². The van der Waals surface area contributed by atoms with Gasteiger partial charge in [-0.2, -0.15) is 0 Å². The molecule has 7 nitrogen and oxygen atoms in total. The highest BCUT2D eigenvalue weighted by Crippen LogP contribution is 1.61. The maximum atomic E-state index is 9.98. The van der Waals surface area contributed by atoms with Crippen molar-refractivity contribution >= 4 is 21.4 Å². The highest BCUT2D eigenvalue weighted by atomic mass is 28.3. The molecule has 0 aromatic heterocycles. The predicted molar refractivity (Wildman–Crippen MR) is 33.4 cm³/mol. The van der Waals surface area contributed by atoms with Crippen LogP contribution >= 0.6 is 0 Å². The number of nitrogens with one attached hydrogen (secondary N) is 2. The summed E-state index contributed by atoms with van der Waals surface area (Å²) in [7, 11) is -2.44. The zero-order valence-electron chi connectivity index (χ0n) is 4.92. The Morgan fingerprint density at radius 3 is 1.70 bits per heavy atom. The number of urea groups is 2. The highest BCUT2D eigenvalue weighted by Gasteiger charge is 2.12. The van der Waals surface area contributed by atoms with Crippen LogP contribution in [0, 0.1) is 0 Å². The van der Waals surface area contributed by atoms with Gasteiger partial charge in [-0.15, -0.1) is 0 Å². The average Bonchev–Trinajstić information content (AvgIpc) is 1.58. The summed E-state index contributed by atoms with van der Waals surface area (Å²) in [6, 6.07) is -1.82. The summed E-state index contributed by atoms with van der Waals surface area (Å²) in [5.41, 5.74) is 9.18. The summed E-state index contributed by atoms with van der Waals surface area (Å²) < 4.78 is 0. The molecule has 7 N–H and O–H groups in total. The van der Waals surface area contributed by atoms with Gasteiger partial charge < -0.3 is 26.2 Å². The first-order valence-electron chi connectivity index (χ1n) is 2.21. The molecular weight excluding hydrogens is 156 g/mol. The third kappa shape index (κ3) is 4.87. The van der Waals surface area contributed by atoms with Gasteiger partial charge in [0.15, 0.2) is 0 Å². The van der Waals surface area contributed by atoms with Crippen LogP contribution in [0.2, 0.25) is 0 Å². The smallest absolute Gasteiger partial charge is 0.398 e. The maximum absolute atomic E-state index is 9.98. The van der Waals surface area contributed by atoms with Crippen LogP contribution < -0.4 is 21.4 Å². The van der Waals surface area contributed by atoms with E-state index in [0.29, 0.717) is 0 Å². The van der Waals surface area contributed by atoms with E-state index in [1.165, 1.54) is 0 Å². The molecule has 0 aliphatic rings. The van der Waals surface area contributed by atoms with E-state index in [9.17, 15) is 9.59 Å². The Balaban J connectivity index is 3.53. The number of carbonyl (C=O) groups excluding carboxylic acids is 2. The fraction of sp³-hybridized carbons (Fsp3) is 0. The monoisotopic (exact) mass is 163 g/mol. The maximum Gasteiger partial charge on any atom is 0.480 e. The molecule has 0 heterocycles. The largest absolute Gasteiger partial charge is 0.480 e. The Bertz CT molecular complexity index is 133. The summed E-state index contributed by atoms with van der Waals surface area (Å²) in [4.78, 5) is 32.3. The van der Waals surface area contributed by atoms with Crippen LogP contribution in [0.1, 0.15) is 0 Å². The van der Waals surface area contributed by atoms with Crippen LogP contribution in [0.5, 0.6) is 0 Å². The minimum Gasteiger partial charge on any atom is -0.398 e. The zero-order chi connectivity index (χ0) is 8.15. The van der Waals surface area contributed by atoms with Crippen LogP contribution in [0.25, 0.3) is 0 Å². The molecule has 0 saturated carbocycles. The van der Waals surface area contributed by atoms with Crippen molar-refractivity contribution in [2.24, 2.45) is 11.5 Å².